The van der Waals surface area contributed by atoms with Crippen molar-refractivity contribution in [1.82, 2.24) is 20.1 Å². The maximum absolute atomic E-state index is 5.24. The molecule has 26 heavy (non-hydrogen) atoms. The summed E-state index contributed by atoms with van der Waals surface area (Å²) in [6.07, 6.45) is 6.01. The van der Waals surface area contributed by atoms with E-state index in [1.165, 1.54) is 6.42 Å². The first-order chi connectivity index (χ1) is 12.7. The van der Waals surface area contributed by atoms with Gasteiger partial charge in [-0.25, -0.2) is 0 Å². The Labute approximate surface area is 153 Å². The van der Waals surface area contributed by atoms with Crippen molar-refractivity contribution in [2.45, 2.75) is 18.9 Å². The minimum absolute atomic E-state index is 0.387. The molecule has 0 aliphatic carbocycles. The number of hydrogen-bond acceptors (Lipinski definition) is 6. The molecule has 2 aromatic heterocycles. The van der Waals surface area contributed by atoms with Gasteiger partial charge in [-0.3, -0.25) is 4.98 Å². The van der Waals surface area contributed by atoms with Crippen LogP contribution in [0.15, 0.2) is 42.7 Å². The number of methoxy groups -OCH3 is 1. The number of likely N-dealkylation sites (tertiary alicyclic amines) is 1. The van der Waals surface area contributed by atoms with E-state index in [2.05, 4.69) is 32.4 Å². The second-order valence-electron chi connectivity index (χ2n) is 6.79. The number of aromatic nitrogens is 3. The number of hydrogen-bond donors (Lipinski definition) is 1. The average Bonchev–Trinajstić information content (AvgIpc) is 2.68. The second-order valence-corrected chi connectivity index (χ2v) is 6.79. The van der Waals surface area contributed by atoms with Gasteiger partial charge < -0.3 is 15.0 Å². The Hall–Kier alpha value is -2.73. The van der Waals surface area contributed by atoms with Gasteiger partial charge >= 0.3 is 0 Å². The maximum Gasteiger partial charge on any atom is 0.158 e. The second kappa shape index (κ2) is 7.25. The Morgan fingerprint density at radius 3 is 2.73 bits per heavy atom. The van der Waals surface area contributed by atoms with Crippen molar-refractivity contribution in [2.75, 3.05) is 32.6 Å². The molecule has 1 aromatic carbocycles. The first-order valence-corrected chi connectivity index (χ1v) is 8.94. The smallest absolute Gasteiger partial charge is 0.158 e. The Balaban J connectivity index is 1.70. The number of benzene rings is 1. The minimum Gasteiger partial charge on any atom is -0.497 e. The lowest BCUT2D eigenvalue weighted by Gasteiger charge is -2.30. The lowest BCUT2D eigenvalue weighted by molar-refractivity contribution is 0.261. The van der Waals surface area contributed by atoms with E-state index in [1.807, 2.05) is 36.5 Å². The van der Waals surface area contributed by atoms with Crippen molar-refractivity contribution in [1.29, 1.82) is 0 Å². The van der Waals surface area contributed by atoms with Crippen molar-refractivity contribution >= 4 is 16.6 Å². The summed E-state index contributed by atoms with van der Waals surface area (Å²) in [7, 11) is 3.82. The van der Waals surface area contributed by atoms with E-state index in [0.29, 0.717) is 6.04 Å². The average molecular weight is 349 g/mol. The molecule has 1 atom stereocenters. The van der Waals surface area contributed by atoms with Crippen molar-refractivity contribution in [2.24, 2.45) is 0 Å². The molecule has 1 fully saturated rings. The number of anilines is 1. The van der Waals surface area contributed by atoms with Crippen LogP contribution in [-0.2, 0) is 0 Å². The third-order valence-corrected chi connectivity index (χ3v) is 4.91. The molecule has 0 unspecified atom stereocenters. The summed E-state index contributed by atoms with van der Waals surface area (Å²) >= 11 is 0. The van der Waals surface area contributed by atoms with Gasteiger partial charge in [0.2, 0.25) is 0 Å². The van der Waals surface area contributed by atoms with Crippen LogP contribution in [0.5, 0.6) is 5.75 Å². The summed E-state index contributed by atoms with van der Waals surface area (Å²) in [5, 5.41) is 14.6. The van der Waals surface area contributed by atoms with Crippen LogP contribution in [0, 0.1) is 0 Å². The van der Waals surface area contributed by atoms with Gasteiger partial charge in [0.15, 0.2) is 5.82 Å². The molecule has 0 saturated carbocycles. The predicted molar refractivity (Wildman–Crippen MR) is 103 cm³/mol. The Bertz CT molecular complexity index is 896. The van der Waals surface area contributed by atoms with Crippen molar-refractivity contribution in [3.05, 3.63) is 42.7 Å². The molecule has 3 heterocycles. The van der Waals surface area contributed by atoms with E-state index in [-0.39, 0.29) is 0 Å². The molecule has 1 saturated heterocycles. The number of rotatable bonds is 4. The largest absolute Gasteiger partial charge is 0.497 e. The van der Waals surface area contributed by atoms with E-state index < -0.39 is 0 Å². The molecule has 1 aliphatic heterocycles. The topological polar surface area (TPSA) is 63.2 Å². The van der Waals surface area contributed by atoms with Gasteiger partial charge in [-0.05, 0) is 56.8 Å². The number of ether oxygens (including phenoxy) is 1. The molecule has 3 aromatic rings. The highest BCUT2D eigenvalue weighted by molar-refractivity contribution is 5.99. The molecular formula is C20H23N5O. The van der Waals surface area contributed by atoms with Crippen LogP contribution in [-0.4, -0.2) is 53.4 Å². The van der Waals surface area contributed by atoms with Crippen molar-refractivity contribution < 1.29 is 4.74 Å². The molecule has 4 rings (SSSR count). The van der Waals surface area contributed by atoms with Crippen LogP contribution >= 0.6 is 0 Å². The lowest BCUT2D eigenvalue weighted by atomic mass is 10.0. The summed E-state index contributed by atoms with van der Waals surface area (Å²) in [6, 6.07) is 10.3. The lowest BCUT2D eigenvalue weighted by Crippen LogP contribution is -2.40. The monoisotopic (exact) mass is 349 g/mol. The number of pyridine rings is 1. The van der Waals surface area contributed by atoms with Gasteiger partial charge in [0.25, 0.3) is 0 Å². The van der Waals surface area contributed by atoms with E-state index in [1.54, 1.807) is 13.3 Å². The molecule has 0 amide bonds. The molecule has 1 aliphatic rings. The van der Waals surface area contributed by atoms with Gasteiger partial charge in [-0.1, -0.05) is 0 Å². The number of likely N-dealkylation sites (N-methyl/N-ethyl adjacent to an activating group) is 1. The fourth-order valence-electron chi connectivity index (χ4n) is 3.54. The molecular weight excluding hydrogens is 326 g/mol. The van der Waals surface area contributed by atoms with Gasteiger partial charge in [-0.15, -0.1) is 10.2 Å². The molecule has 6 nitrogen and oxygen atoms in total. The number of fused-ring (bicyclic) bond motifs is 1. The van der Waals surface area contributed by atoms with Crippen molar-refractivity contribution in [3.63, 3.8) is 0 Å². The zero-order valence-corrected chi connectivity index (χ0v) is 15.1. The third kappa shape index (κ3) is 3.32. The van der Waals surface area contributed by atoms with Gasteiger partial charge in [0, 0.05) is 41.3 Å². The Morgan fingerprint density at radius 2 is 1.96 bits per heavy atom. The molecule has 0 bridgehead atoms. The molecule has 134 valence electrons. The maximum atomic E-state index is 5.24. The predicted octanol–water partition coefficient (Wildman–Crippen LogP) is 3.21. The van der Waals surface area contributed by atoms with E-state index in [0.717, 1.165) is 53.1 Å². The zero-order valence-electron chi connectivity index (χ0n) is 15.1. The van der Waals surface area contributed by atoms with E-state index >= 15 is 0 Å². The van der Waals surface area contributed by atoms with Crippen LogP contribution in [0.2, 0.25) is 0 Å². The van der Waals surface area contributed by atoms with E-state index in [9.17, 15) is 0 Å². The van der Waals surface area contributed by atoms with Crippen LogP contribution in [0.25, 0.3) is 22.0 Å². The highest BCUT2D eigenvalue weighted by Gasteiger charge is 2.19. The highest BCUT2D eigenvalue weighted by atomic mass is 16.5. The zero-order chi connectivity index (χ0) is 17.9. The molecule has 0 spiro atoms. The van der Waals surface area contributed by atoms with Gasteiger partial charge in [-0.2, -0.15) is 0 Å². The molecule has 6 heteroatoms. The first kappa shape index (κ1) is 16.7. The van der Waals surface area contributed by atoms with Crippen LogP contribution in [0.1, 0.15) is 12.8 Å². The van der Waals surface area contributed by atoms with Crippen LogP contribution in [0.4, 0.5) is 5.82 Å². The fourth-order valence-corrected chi connectivity index (χ4v) is 3.54. The standard InChI is InChI=1S/C20H23N5O/c1-25-11-3-4-15(13-25)22-20-18-12-21-10-9-17(18)19(23-24-20)14-5-7-16(26-2)8-6-14/h5-10,12,15H,3-4,11,13H2,1-2H3,(H,22,24)/t15-/m1/s1. The Kier molecular flexibility index (Phi) is 4.67. The quantitative estimate of drug-likeness (QED) is 0.780. The highest BCUT2D eigenvalue weighted by Crippen LogP contribution is 2.30. The fraction of sp³-hybridized carbons (Fsp3) is 0.350. The normalized spacial score (nSPS) is 18.0. The SMILES string of the molecule is COc1ccc(-c2nnc(N[C@@H]3CCCN(C)C3)c3cnccc23)cc1. The van der Waals surface area contributed by atoms with Crippen LogP contribution in [0.3, 0.4) is 0 Å². The van der Waals surface area contributed by atoms with Crippen molar-refractivity contribution in [3.8, 4) is 17.0 Å². The number of piperidine rings is 1. The van der Waals surface area contributed by atoms with Gasteiger partial charge in [0.05, 0.1) is 7.11 Å². The van der Waals surface area contributed by atoms with Crippen LogP contribution < -0.4 is 10.1 Å². The summed E-state index contributed by atoms with van der Waals surface area (Å²) < 4.78 is 5.24. The summed E-state index contributed by atoms with van der Waals surface area (Å²) in [5.41, 5.74) is 1.87. The van der Waals surface area contributed by atoms with E-state index in [4.69, 9.17) is 4.74 Å². The minimum atomic E-state index is 0.387. The number of nitrogens with zero attached hydrogens (tertiary/aromatic N) is 4. The third-order valence-electron chi connectivity index (χ3n) is 4.91. The summed E-state index contributed by atoms with van der Waals surface area (Å²) in [4.78, 5) is 6.65. The summed E-state index contributed by atoms with van der Waals surface area (Å²) in [6.45, 7) is 2.17. The summed E-state index contributed by atoms with van der Waals surface area (Å²) in [5.74, 6) is 1.64. The van der Waals surface area contributed by atoms with Gasteiger partial charge in [0.1, 0.15) is 11.4 Å². The Morgan fingerprint density at radius 1 is 1.12 bits per heavy atom. The molecule has 0 radical (unpaired) electrons. The molecule has 1 N–H and O–H groups in total. The number of nitrogens with one attached hydrogen (secondary N) is 1. The first-order valence-electron chi connectivity index (χ1n) is 8.94.